The van der Waals surface area contributed by atoms with Crippen LogP contribution in [0.5, 0.6) is 0 Å². The number of hydrogen-bond donors (Lipinski definition) is 3. The zero-order chi connectivity index (χ0) is 22.2. The van der Waals surface area contributed by atoms with Gasteiger partial charge in [0.2, 0.25) is 11.8 Å². The number of benzene rings is 2. The van der Waals surface area contributed by atoms with Gasteiger partial charge in [-0.1, -0.05) is 30.3 Å². The minimum Gasteiger partial charge on any atom is -0.354 e. The molecule has 1 heterocycles. The molecular formula is C22H22N4O5. The van der Waals surface area contributed by atoms with E-state index in [1.807, 2.05) is 0 Å². The summed E-state index contributed by atoms with van der Waals surface area (Å²) in [6.45, 7) is 0.162. The van der Waals surface area contributed by atoms with Crippen LogP contribution in [0.1, 0.15) is 37.5 Å². The summed E-state index contributed by atoms with van der Waals surface area (Å²) in [4.78, 5) is 61.2. The van der Waals surface area contributed by atoms with Gasteiger partial charge in [-0.15, -0.1) is 0 Å². The zero-order valence-corrected chi connectivity index (χ0v) is 16.7. The van der Waals surface area contributed by atoms with Crippen molar-refractivity contribution in [2.45, 2.75) is 6.42 Å². The second-order valence-corrected chi connectivity index (χ2v) is 6.81. The maximum atomic E-state index is 12.3. The van der Waals surface area contributed by atoms with Crippen LogP contribution in [0.25, 0.3) is 0 Å². The van der Waals surface area contributed by atoms with E-state index in [0.717, 1.165) is 4.90 Å². The molecule has 0 radical (unpaired) electrons. The smallest absolute Gasteiger partial charge is 0.261 e. The number of nitrogens with one attached hydrogen (secondary N) is 3. The minimum absolute atomic E-state index is 0.0178. The van der Waals surface area contributed by atoms with Crippen molar-refractivity contribution in [3.05, 3.63) is 71.3 Å². The maximum Gasteiger partial charge on any atom is 0.261 e. The summed E-state index contributed by atoms with van der Waals surface area (Å²) in [6.07, 6.45) is -0.0352. The van der Waals surface area contributed by atoms with Gasteiger partial charge in [-0.3, -0.25) is 28.9 Å². The monoisotopic (exact) mass is 422 g/mol. The van der Waals surface area contributed by atoms with Gasteiger partial charge >= 0.3 is 0 Å². The normalized spacial score (nSPS) is 12.3. The van der Waals surface area contributed by atoms with E-state index >= 15 is 0 Å². The number of fused-ring (bicyclic) bond motifs is 1. The SMILES string of the molecule is O=C(CCN1C(=O)c2ccccc2C1=O)NCCNC(=O)CNC(=O)c1ccccc1. The van der Waals surface area contributed by atoms with E-state index in [-0.39, 0.29) is 50.3 Å². The van der Waals surface area contributed by atoms with Crippen molar-refractivity contribution < 1.29 is 24.0 Å². The highest BCUT2D eigenvalue weighted by molar-refractivity contribution is 6.21. The predicted octanol–water partition coefficient (Wildman–Crippen LogP) is 0.335. The number of amides is 5. The average Bonchev–Trinajstić information content (AvgIpc) is 3.04. The molecule has 5 amide bonds. The Hall–Kier alpha value is -4.01. The third-order valence-electron chi connectivity index (χ3n) is 4.66. The molecule has 160 valence electrons. The number of nitrogens with zero attached hydrogens (tertiary/aromatic N) is 1. The van der Waals surface area contributed by atoms with E-state index in [1.165, 1.54) is 0 Å². The van der Waals surface area contributed by atoms with Gasteiger partial charge in [0.25, 0.3) is 17.7 Å². The Morgan fingerprint density at radius 1 is 0.710 bits per heavy atom. The summed E-state index contributed by atoms with van der Waals surface area (Å²) in [6, 6.07) is 15.1. The number of imide groups is 1. The quantitative estimate of drug-likeness (QED) is 0.397. The van der Waals surface area contributed by atoms with Crippen molar-refractivity contribution >= 4 is 29.5 Å². The molecule has 0 saturated carbocycles. The molecular weight excluding hydrogens is 400 g/mol. The zero-order valence-electron chi connectivity index (χ0n) is 16.7. The van der Waals surface area contributed by atoms with Crippen LogP contribution in [0.2, 0.25) is 0 Å². The van der Waals surface area contributed by atoms with Gasteiger partial charge < -0.3 is 16.0 Å². The summed E-state index contributed by atoms with van der Waals surface area (Å²) in [5.41, 5.74) is 1.14. The fourth-order valence-corrected chi connectivity index (χ4v) is 3.06. The molecule has 9 heteroatoms. The van der Waals surface area contributed by atoms with Crippen molar-refractivity contribution in [1.29, 1.82) is 0 Å². The molecule has 3 N–H and O–H groups in total. The Kier molecular flexibility index (Phi) is 7.10. The Morgan fingerprint density at radius 3 is 1.87 bits per heavy atom. The average molecular weight is 422 g/mol. The predicted molar refractivity (Wildman–Crippen MR) is 111 cm³/mol. The Balaban J connectivity index is 1.30. The third kappa shape index (κ3) is 5.53. The fraction of sp³-hybridized carbons (Fsp3) is 0.227. The highest BCUT2D eigenvalue weighted by Gasteiger charge is 2.34. The first-order valence-corrected chi connectivity index (χ1v) is 9.79. The Morgan fingerprint density at radius 2 is 1.26 bits per heavy atom. The summed E-state index contributed by atoms with van der Waals surface area (Å²) < 4.78 is 0. The van der Waals surface area contributed by atoms with E-state index in [1.54, 1.807) is 54.6 Å². The molecule has 0 saturated heterocycles. The summed E-state index contributed by atoms with van der Waals surface area (Å²) in [7, 11) is 0. The van der Waals surface area contributed by atoms with Gasteiger partial charge in [-0.25, -0.2) is 0 Å². The fourth-order valence-electron chi connectivity index (χ4n) is 3.06. The molecule has 0 bridgehead atoms. The molecule has 3 rings (SSSR count). The Bertz CT molecular complexity index is 971. The van der Waals surface area contributed by atoms with E-state index in [0.29, 0.717) is 16.7 Å². The van der Waals surface area contributed by atoms with Crippen LogP contribution in [0.15, 0.2) is 54.6 Å². The molecule has 0 atom stereocenters. The third-order valence-corrected chi connectivity index (χ3v) is 4.66. The van der Waals surface area contributed by atoms with Gasteiger partial charge in [0.15, 0.2) is 0 Å². The highest BCUT2D eigenvalue weighted by Crippen LogP contribution is 2.22. The molecule has 1 aliphatic heterocycles. The van der Waals surface area contributed by atoms with Crippen LogP contribution < -0.4 is 16.0 Å². The number of carbonyl (C=O) groups is 5. The molecule has 0 aliphatic carbocycles. The lowest BCUT2D eigenvalue weighted by Gasteiger charge is -2.13. The molecule has 2 aromatic carbocycles. The lowest BCUT2D eigenvalue weighted by atomic mass is 10.1. The lowest BCUT2D eigenvalue weighted by molar-refractivity contribution is -0.122. The van der Waals surface area contributed by atoms with Crippen molar-refractivity contribution in [3.63, 3.8) is 0 Å². The standard InChI is InChI=1S/C22H22N4O5/c27-18(10-13-26-21(30)16-8-4-5-9-17(16)22(26)31)23-11-12-24-19(28)14-25-20(29)15-6-2-1-3-7-15/h1-9H,10-14H2,(H,23,27)(H,24,28)(H,25,29). The lowest BCUT2D eigenvalue weighted by Crippen LogP contribution is -2.41. The second-order valence-electron chi connectivity index (χ2n) is 6.81. The summed E-state index contributed by atoms with van der Waals surface area (Å²) >= 11 is 0. The van der Waals surface area contributed by atoms with Crippen LogP contribution in [0.3, 0.4) is 0 Å². The summed E-state index contributed by atoms with van der Waals surface area (Å²) in [5.74, 6) is -1.89. The van der Waals surface area contributed by atoms with Crippen molar-refractivity contribution in [1.82, 2.24) is 20.9 Å². The molecule has 1 aliphatic rings. The van der Waals surface area contributed by atoms with E-state index in [4.69, 9.17) is 0 Å². The van der Waals surface area contributed by atoms with Crippen LogP contribution in [0.4, 0.5) is 0 Å². The minimum atomic E-state index is -0.404. The number of rotatable bonds is 9. The molecule has 0 spiro atoms. The molecule has 2 aromatic rings. The van der Waals surface area contributed by atoms with Crippen LogP contribution in [-0.4, -0.2) is 60.6 Å². The van der Waals surface area contributed by atoms with Gasteiger partial charge in [-0.2, -0.15) is 0 Å². The molecule has 0 unspecified atom stereocenters. The van der Waals surface area contributed by atoms with E-state index in [9.17, 15) is 24.0 Å². The maximum absolute atomic E-state index is 12.3. The topological polar surface area (TPSA) is 125 Å². The van der Waals surface area contributed by atoms with Crippen molar-refractivity contribution in [2.75, 3.05) is 26.2 Å². The molecule has 31 heavy (non-hydrogen) atoms. The number of carbonyl (C=O) groups excluding carboxylic acids is 5. The summed E-state index contributed by atoms with van der Waals surface area (Å²) in [5, 5.41) is 7.70. The van der Waals surface area contributed by atoms with Gasteiger partial charge in [-0.05, 0) is 24.3 Å². The van der Waals surface area contributed by atoms with E-state index in [2.05, 4.69) is 16.0 Å². The van der Waals surface area contributed by atoms with Crippen molar-refractivity contribution in [3.8, 4) is 0 Å². The molecule has 0 aromatic heterocycles. The van der Waals surface area contributed by atoms with E-state index < -0.39 is 11.8 Å². The first kappa shape index (κ1) is 21.7. The van der Waals surface area contributed by atoms with Crippen LogP contribution in [0, 0.1) is 0 Å². The first-order valence-electron chi connectivity index (χ1n) is 9.79. The largest absolute Gasteiger partial charge is 0.354 e. The highest BCUT2D eigenvalue weighted by atomic mass is 16.2. The molecule has 9 nitrogen and oxygen atoms in total. The van der Waals surface area contributed by atoms with Gasteiger partial charge in [0.1, 0.15) is 0 Å². The number of hydrogen-bond acceptors (Lipinski definition) is 5. The first-order chi connectivity index (χ1) is 15.0. The second kappa shape index (κ2) is 10.1. The van der Waals surface area contributed by atoms with Gasteiger partial charge in [0.05, 0.1) is 17.7 Å². The van der Waals surface area contributed by atoms with Gasteiger partial charge in [0, 0.05) is 31.6 Å². The van der Waals surface area contributed by atoms with Crippen molar-refractivity contribution in [2.24, 2.45) is 0 Å². The Labute approximate surface area is 178 Å². The van der Waals surface area contributed by atoms with Crippen LogP contribution in [-0.2, 0) is 9.59 Å². The molecule has 0 fully saturated rings. The van der Waals surface area contributed by atoms with Crippen LogP contribution >= 0.6 is 0 Å².